The molecule has 0 saturated carbocycles. The highest BCUT2D eigenvalue weighted by atomic mass is 16.3. The van der Waals surface area contributed by atoms with Gasteiger partial charge in [-0.2, -0.15) is 0 Å². The van der Waals surface area contributed by atoms with Crippen molar-refractivity contribution >= 4 is 5.91 Å². The average Bonchev–Trinajstić information content (AvgIpc) is 2.22. The Morgan fingerprint density at radius 3 is 2.57 bits per heavy atom. The molecule has 0 heterocycles. The molecule has 2 atom stereocenters. The monoisotopic (exact) mass is 202 g/mol. The zero-order chi connectivity index (χ0) is 11.1. The van der Waals surface area contributed by atoms with Gasteiger partial charge in [-0.05, 0) is 13.3 Å². The van der Waals surface area contributed by atoms with E-state index in [1.807, 2.05) is 0 Å². The van der Waals surface area contributed by atoms with Gasteiger partial charge in [0.25, 0.3) is 0 Å². The van der Waals surface area contributed by atoms with Gasteiger partial charge in [-0.15, -0.1) is 0 Å². The molecule has 0 fully saturated rings. The van der Waals surface area contributed by atoms with Gasteiger partial charge < -0.3 is 15.7 Å². The van der Waals surface area contributed by atoms with Crippen LogP contribution in [0, 0.1) is 0 Å². The number of hydrogen-bond acceptors (Lipinski definition) is 3. The third-order valence-corrected chi connectivity index (χ3v) is 2.46. The van der Waals surface area contributed by atoms with Crippen molar-refractivity contribution in [2.75, 3.05) is 13.7 Å². The van der Waals surface area contributed by atoms with Crippen molar-refractivity contribution in [3.63, 3.8) is 0 Å². The van der Waals surface area contributed by atoms with E-state index in [0.717, 1.165) is 19.3 Å². The van der Waals surface area contributed by atoms with Gasteiger partial charge in [-0.1, -0.05) is 19.8 Å². The summed E-state index contributed by atoms with van der Waals surface area (Å²) in [7, 11) is 1.68. The first-order chi connectivity index (χ1) is 6.54. The van der Waals surface area contributed by atoms with Gasteiger partial charge in [-0.3, -0.25) is 4.79 Å². The number of hydrogen-bond donors (Lipinski definition) is 2. The van der Waals surface area contributed by atoms with Gasteiger partial charge in [0.1, 0.15) is 0 Å². The Hall–Kier alpha value is -0.610. The van der Waals surface area contributed by atoms with Crippen LogP contribution in [-0.4, -0.2) is 41.7 Å². The number of aliphatic hydroxyl groups is 1. The Morgan fingerprint density at radius 2 is 2.14 bits per heavy atom. The summed E-state index contributed by atoms with van der Waals surface area (Å²) in [4.78, 5) is 13.2. The number of nitrogens with zero attached hydrogens (tertiary/aromatic N) is 1. The van der Waals surface area contributed by atoms with E-state index in [-0.39, 0.29) is 18.6 Å². The lowest BCUT2D eigenvalue weighted by Gasteiger charge is -2.26. The van der Waals surface area contributed by atoms with E-state index in [4.69, 9.17) is 10.8 Å². The molecule has 0 radical (unpaired) electrons. The number of aliphatic hydroxyl groups excluding tert-OH is 1. The Balaban J connectivity index is 4.03. The molecule has 84 valence electrons. The molecule has 0 bridgehead atoms. The number of carbonyl (C=O) groups excluding carboxylic acids is 1. The molecule has 1 amide bonds. The summed E-state index contributed by atoms with van der Waals surface area (Å²) in [5, 5.41) is 8.88. The molecule has 4 nitrogen and oxygen atoms in total. The van der Waals surface area contributed by atoms with E-state index in [2.05, 4.69) is 6.92 Å². The number of carbonyl (C=O) groups is 1. The largest absolute Gasteiger partial charge is 0.394 e. The minimum absolute atomic E-state index is 0.0251. The number of likely N-dealkylation sites (N-methyl/N-ethyl adjacent to an activating group) is 1. The molecular weight excluding hydrogens is 180 g/mol. The van der Waals surface area contributed by atoms with E-state index >= 15 is 0 Å². The van der Waals surface area contributed by atoms with Gasteiger partial charge in [0, 0.05) is 7.05 Å². The molecule has 0 aromatic rings. The van der Waals surface area contributed by atoms with Crippen molar-refractivity contribution in [3.05, 3.63) is 0 Å². The van der Waals surface area contributed by atoms with Gasteiger partial charge >= 0.3 is 0 Å². The summed E-state index contributed by atoms with van der Waals surface area (Å²) in [5.74, 6) is -0.0833. The molecule has 0 aromatic heterocycles. The Labute approximate surface area is 86.1 Å². The lowest BCUT2D eigenvalue weighted by molar-refractivity contribution is -0.134. The number of rotatable bonds is 6. The fourth-order valence-corrected chi connectivity index (χ4v) is 1.15. The first kappa shape index (κ1) is 13.4. The van der Waals surface area contributed by atoms with Crippen molar-refractivity contribution in [1.82, 2.24) is 4.90 Å². The van der Waals surface area contributed by atoms with E-state index in [9.17, 15) is 4.79 Å². The van der Waals surface area contributed by atoms with Crippen molar-refractivity contribution in [3.8, 4) is 0 Å². The molecular formula is C10H22N2O2. The Bertz CT molecular complexity index is 174. The minimum Gasteiger partial charge on any atom is -0.394 e. The van der Waals surface area contributed by atoms with Crippen LogP contribution in [-0.2, 0) is 4.79 Å². The summed E-state index contributed by atoms with van der Waals surface area (Å²) in [5.41, 5.74) is 5.72. The summed E-state index contributed by atoms with van der Waals surface area (Å²) < 4.78 is 0. The molecule has 0 saturated heterocycles. The zero-order valence-electron chi connectivity index (χ0n) is 9.36. The summed E-state index contributed by atoms with van der Waals surface area (Å²) >= 11 is 0. The smallest absolute Gasteiger partial charge is 0.239 e. The maximum Gasteiger partial charge on any atom is 0.239 e. The molecule has 0 aromatic carbocycles. The first-order valence-corrected chi connectivity index (χ1v) is 5.17. The Morgan fingerprint density at radius 1 is 1.57 bits per heavy atom. The Kier molecular flexibility index (Phi) is 6.49. The normalized spacial score (nSPS) is 14.9. The van der Waals surface area contributed by atoms with Gasteiger partial charge in [-0.25, -0.2) is 0 Å². The molecule has 0 rings (SSSR count). The maximum atomic E-state index is 11.6. The van der Waals surface area contributed by atoms with Crippen LogP contribution in [0.2, 0.25) is 0 Å². The van der Waals surface area contributed by atoms with Crippen molar-refractivity contribution in [2.24, 2.45) is 5.73 Å². The van der Waals surface area contributed by atoms with Gasteiger partial charge in [0.15, 0.2) is 0 Å². The van der Waals surface area contributed by atoms with Crippen molar-refractivity contribution in [1.29, 1.82) is 0 Å². The fraction of sp³-hybridized carbons (Fsp3) is 0.900. The second-order valence-corrected chi connectivity index (χ2v) is 3.73. The van der Waals surface area contributed by atoms with Crippen LogP contribution in [0.25, 0.3) is 0 Å². The van der Waals surface area contributed by atoms with Crippen LogP contribution in [0.1, 0.15) is 33.1 Å². The average molecular weight is 202 g/mol. The highest BCUT2D eigenvalue weighted by Gasteiger charge is 2.20. The number of nitrogens with two attached hydrogens (primary N) is 1. The molecule has 3 N–H and O–H groups in total. The minimum atomic E-state index is -0.422. The molecule has 1 unspecified atom stereocenters. The lowest BCUT2D eigenvalue weighted by atomic mass is 10.1. The van der Waals surface area contributed by atoms with Gasteiger partial charge in [0.05, 0.1) is 18.7 Å². The van der Waals surface area contributed by atoms with E-state index in [1.165, 1.54) is 4.90 Å². The van der Waals surface area contributed by atoms with E-state index < -0.39 is 6.04 Å². The van der Waals surface area contributed by atoms with Crippen LogP contribution >= 0.6 is 0 Å². The van der Waals surface area contributed by atoms with Gasteiger partial charge in [0.2, 0.25) is 5.91 Å². The summed E-state index contributed by atoms with van der Waals surface area (Å²) in [6.45, 7) is 3.84. The number of amides is 1. The number of unbranched alkanes of at least 4 members (excludes halogenated alkanes) is 1. The van der Waals surface area contributed by atoms with Crippen LogP contribution in [0.4, 0.5) is 0 Å². The van der Waals surface area contributed by atoms with Crippen LogP contribution in [0.15, 0.2) is 0 Å². The molecule has 4 heteroatoms. The van der Waals surface area contributed by atoms with Crippen molar-refractivity contribution in [2.45, 2.75) is 45.2 Å². The molecule has 0 spiro atoms. The molecule has 0 aliphatic heterocycles. The SMILES string of the molecule is CCCC[C@H](N)C(=O)N(C)C(C)CO. The van der Waals surface area contributed by atoms with Crippen LogP contribution < -0.4 is 5.73 Å². The second kappa shape index (κ2) is 6.79. The highest BCUT2D eigenvalue weighted by Crippen LogP contribution is 2.04. The topological polar surface area (TPSA) is 66.6 Å². The van der Waals surface area contributed by atoms with E-state index in [1.54, 1.807) is 14.0 Å². The predicted octanol–water partition coefficient (Wildman–Crippen LogP) is 0.343. The summed E-state index contributed by atoms with van der Waals surface area (Å²) in [6.07, 6.45) is 2.73. The second-order valence-electron chi connectivity index (χ2n) is 3.73. The van der Waals surface area contributed by atoms with Crippen LogP contribution in [0.3, 0.4) is 0 Å². The predicted molar refractivity (Wildman–Crippen MR) is 56.8 cm³/mol. The fourth-order valence-electron chi connectivity index (χ4n) is 1.15. The van der Waals surface area contributed by atoms with Crippen molar-refractivity contribution < 1.29 is 9.90 Å². The highest BCUT2D eigenvalue weighted by molar-refractivity contribution is 5.81. The zero-order valence-corrected chi connectivity index (χ0v) is 9.36. The first-order valence-electron chi connectivity index (χ1n) is 5.17. The molecule has 0 aliphatic carbocycles. The van der Waals surface area contributed by atoms with Crippen LogP contribution in [0.5, 0.6) is 0 Å². The molecule has 0 aliphatic rings. The maximum absolute atomic E-state index is 11.6. The summed E-state index contributed by atoms with van der Waals surface area (Å²) in [6, 6.07) is -0.580. The van der Waals surface area contributed by atoms with E-state index in [0.29, 0.717) is 0 Å². The quantitative estimate of drug-likeness (QED) is 0.653. The standard InChI is InChI=1S/C10H22N2O2/c1-4-5-6-9(11)10(14)12(3)8(2)7-13/h8-9,13H,4-7,11H2,1-3H3/t8?,9-/m0/s1. The molecule has 14 heavy (non-hydrogen) atoms. The third-order valence-electron chi connectivity index (χ3n) is 2.46. The third kappa shape index (κ3) is 4.07. The lowest BCUT2D eigenvalue weighted by Crippen LogP contribution is -2.46.